The maximum absolute atomic E-state index is 13.3. The maximum atomic E-state index is 13.3. The average molecular weight is 212 g/mol. The van der Waals surface area contributed by atoms with Crippen LogP contribution in [0.25, 0.3) is 0 Å². The zero-order valence-electron chi connectivity index (χ0n) is 8.39. The van der Waals surface area contributed by atoms with Gasteiger partial charge in [0.25, 0.3) is 0 Å². The summed E-state index contributed by atoms with van der Waals surface area (Å²) in [4.78, 5) is 0. The Labute approximate surface area is 87.7 Å². The van der Waals surface area contributed by atoms with Gasteiger partial charge < -0.3 is 10.6 Å². The smallest absolute Gasteiger partial charge is 0.162 e. The van der Waals surface area contributed by atoms with Gasteiger partial charge in [-0.2, -0.15) is 0 Å². The average Bonchev–Trinajstić information content (AvgIpc) is 2.26. The van der Waals surface area contributed by atoms with E-state index in [1.54, 1.807) is 12.1 Å². The molecule has 1 aliphatic heterocycles. The number of rotatable bonds is 2. The summed E-state index contributed by atoms with van der Waals surface area (Å²) in [6.07, 6.45) is 0.524. The molecule has 0 aliphatic carbocycles. The van der Waals surface area contributed by atoms with Crippen LogP contribution in [0.5, 0.6) is 0 Å². The third kappa shape index (κ3) is 2.52. The number of piperazine rings is 1. The molecule has 1 atom stereocenters. The van der Waals surface area contributed by atoms with Gasteiger partial charge in [0.15, 0.2) is 11.6 Å². The highest BCUT2D eigenvalue weighted by molar-refractivity contribution is 5.20. The van der Waals surface area contributed by atoms with Crippen molar-refractivity contribution in [3.8, 4) is 0 Å². The SMILES string of the molecule is Fc1cccc(CC2CNCCN2)c1F. The van der Waals surface area contributed by atoms with Crippen molar-refractivity contribution in [1.82, 2.24) is 10.6 Å². The van der Waals surface area contributed by atoms with E-state index in [-0.39, 0.29) is 6.04 Å². The van der Waals surface area contributed by atoms with Crippen LogP contribution in [0.1, 0.15) is 5.56 Å². The van der Waals surface area contributed by atoms with Crippen molar-refractivity contribution >= 4 is 0 Å². The van der Waals surface area contributed by atoms with Gasteiger partial charge in [0.05, 0.1) is 0 Å². The molecular weight excluding hydrogens is 198 g/mol. The van der Waals surface area contributed by atoms with Crippen LogP contribution < -0.4 is 10.6 Å². The van der Waals surface area contributed by atoms with E-state index in [2.05, 4.69) is 10.6 Å². The van der Waals surface area contributed by atoms with Gasteiger partial charge >= 0.3 is 0 Å². The van der Waals surface area contributed by atoms with Crippen molar-refractivity contribution in [3.05, 3.63) is 35.4 Å². The molecule has 2 N–H and O–H groups in total. The Bertz CT molecular complexity index is 335. The first-order valence-electron chi connectivity index (χ1n) is 5.14. The lowest BCUT2D eigenvalue weighted by atomic mass is 10.0. The van der Waals surface area contributed by atoms with Crippen LogP contribution in [0.2, 0.25) is 0 Å². The summed E-state index contributed by atoms with van der Waals surface area (Å²) in [5.74, 6) is -1.49. The third-order valence-electron chi connectivity index (χ3n) is 2.62. The Balaban J connectivity index is 2.06. The number of hydrogen-bond donors (Lipinski definition) is 2. The van der Waals surface area contributed by atoms with E-state index in [9.17, 15) is 8.78 Å². The van der Waals surface area contributed by atoms with E-state index >= 15 is 0 Å². The topological polar surface area (TPSA) is 24.1 Å². The van der Waals surface area contributed by atoms with Crippen LogP contribution in [0.4, 0.5) is 8.78 Å². The minimum Gasteiger partial charge on any atom is -0.314 e. The first-order chi connectivity index (χ1) is 7.27. The summed E-state index contributed by atoms with van der Waals surface area (Å²) in [5.41, 5.74) is 0.441. The van der Waals surface area contributed by atoms with Crippen molar-refractivity contribution in [1.29, 1.82) is 0 Å². The summed E-state index contributed by atoms with van der Waals surface area (Å²) in [6, 6.07) is 4.51. The monoisotopic (exact) mass is 212 g/mol. The molecule has 4 heteroatoms. The second-order valence-electron chi connectivity index (χ2n) is 3.77. The van der Waals surface area contributed by atoms with Gasteiger partial charge in [0, 0.05) is 25.7 Å². The Kier molecular flexibility index (Phi) is 3.28. The van der Waals surface area contributed by atoms with Gasteiger partial charge in [0.1, 0.15) is 0 Å². The molecule has 2 rings (SSSR count). The third-order valence-corrected chi connectivity index (χ3v) is 2.62. The molecule has 1 fully saturated rings. The van der Waals surface area contributed by atoms with Gasteiger partial charge in [-0.05, 0) is 18.1 Å². The number of halogens is 2. The standard InChI is InChI=1S/C11H14F2N2/c12-10-3-1-2-8(11(10)13)6-9-7-14-4-5-15-9/h1-3,9,14-15H,4-7H2. The van der Waals surface area contributed by atoms with Crippen LogP contribution in [0.3, 0.4) is 0 Å². The Morgan fingerprint density at radius 3 is 2.87 bits per heavy atom. The summed E-state index contributed by atoms with van der Waals surface area (Å²) in [5, 5.41) is 6.47. The Morgan fingerprint density at radius 2 is 2.13 bits per heavy atom. The molecule has 82 valence electrons. The van der Waals surface area contributed by atoms with Crippen LogP contribution in [-0.4, -0.2) is 25.7 Å². The van der Waals surface area contributed by atoms with Gasteiger partial charge in [-0.15, -0.1) is 0 Å². The van der Waals surface area contributed by atoms with E-state index in [0.29, 0.717) is 12.0 Å². The van der Waals surface area contributed by atoms with Crippen LogP contribution in [-0.2, 0) is 6.42 Å². The molecule has 1 heterocycles. The number of benzene rings is 1. The van der Waals surface area contributed by atoms with Crippen molar-refractivity contribution in [3.63, 3.8) is 0 Å². The second-order valence-corrected chi connectivity index (χ2v) is 3.77. The lowest BCUT2D eigenvalue weighted by Gasteiger charge is -2.24. The molecule has 0 amide bonds. The largest absolute Gasteiger partial charge is 0.314 e. The zero-order chi connectivity index (χ0) is 10.7. The maximum Gasteiger partial charge on any atom is 0.162 e. The Hall–Kier alpha value is -1.00. The fraction of sp³-hybridized carbons (Fsp3) is 0.455. The summed E-state index contributed by atoms with van der Waals surface area (Å²) < 4.78 is 26.3. The molecule has 15 heavy (non-hydrogen) atoms. The first kappa shape index (κ1) is 10.5. The minimum atomic E-state index is -0.767. The molecular formula is C11H14F2N2. The molecule has 0 spiro atoms. The highest BCUT2D eigenvalue weighted by Crippen LogP contribution is 2.13. The van der Waals surface area contributed by atoms with Crippen molar-refractivity contribution < 1.29 is 8.78 Å². The predicted octanol–water partition coefficient (Wildman–Crippen LogP) is 1.07. The van der Waals surface area contributed by atoms with Gasteiger partial charge in [-0.3, -0.25) is 0 Å². The Morgan fingerprint density at radius 1 is 1.27 bits per heavy atom. The first-order valence-corrected chi connectivity index (χ1v) is 5.14. The van der Waals surface area contributed by atoms with Gasteiger partial charge in [0.2, 0.25) is 0 Å². The second kappa shape index (κ2) is 4.68. The van der Waals surface area contributed by atoms with E-state index < -0.39 is 11.6 Å². The number of hydrogen-bond acceptors (Lipinski definition) is 2. The fourth-order valence-electron chi connectivity index (χ4n) is 1.83. The van der Waals surface area contributed by atoms with Gasteiger partial charge in [-0.25, -0.2) is 8.78 Å². The molecule has 0 aromatic heterocycles. The molecule has 1 aliphatic rings. The van der Waals surface area contributed by atoms with E-state index in [4.69, 9.17) is 0 Å². The van der Waals surface area contributed by atoms with Gasteiger partial charge in [-0.1, -0.05) is 12.1 Å². The summed E-state index contributed by atoms with van der Waals surface area (Å²) >= 11 is 0. The molecule has 0 bridgehead atoms. The van der Waals surface area contributed by atoms with E-state index in [1.165, 1.54) is 0 Å². The van der Waals surface area contributed by atoms with Crippen LogP contribution in [0, 0.1) is 11.6 Å². The highest BCUT2D eigenvalue weighted by Gasteiger charge is 2.15. The van der Waals surface area contributed by atoms with Crippen LogP contribution >= 0.6 is 0 Å². The highest BCUT2D eigenvalue weighted by atomic mass is 19.2. The van der Waals surface area contributed by atoms with E-state index in [0.717, 1.165) is 25.7 Å². The van der Waals surface area contributed by atoms with Crippen molar-refractivity contribution in [2.45, 2.75) is 12.5 Å². The molecule has 1 saturated heterocycles. The molecule has 0 radical (unpaired) electrons. The predicted molar refractivity (Wildman–Crippen MR) is 54.7 cm³/mol. The van der Waals surface area contributed by atoms with Crippen LogP contribution in [0.15, 0.2) is 18.2 Å². The van der Waals surface area contributed by atoms with E-state index in [1.807, 2.05) is 0 Å². The minimum absolute atomic E-state index is 0.190. The molecule has 0 saturated carbocycles. The number of nitrogens with one attached hydrogen (secondary N) is 2. The molecule has 1 aromatic rings. The van der Waals surface area contributed by atoms with Crippen molar-refractivity contribution in [2.75, 3.05) is 19.6 Å². The summed E-state index contributed by atoms with van der Waals surface area (Å²) in [6.45, 7) is 2.61. The van der Waals surface area contributed by atoms with Crippen molar-refractivity contribution in [2.24, 2.45) is 0 Å². The lowest BCUT2D eigenvalue weighted by molar-refractivity contribution is 0.408. The lowest BCUT2D eigenvalue weighted by Crippen LogP contribution is -2.49. The zero-order valence-corrected chi connectivity index (χ0v) is 8.39. The fourth-order valence-corrected chi connectivity index (χ4v) is 1.83. The summed E-state index contributed by atoms with van der Waals surface area (Å²) in [7, 11) is 0. The normalized spacial score (nSPS) is 21.6. The molecule has 1 unspecified atom stereocenters. The molecule has 1 aromatic carbocycles. The quantitative estimate of drug-likeness (QED) is 0.766. The molecule has 2 nitrogen and oxygen atoms in total.